The highest BCUT2D eigenvalue weighted by Gasteiger charge is 2.36. The second-order valence-corrected chi connectivity index (χ2v) is 7.90. The summed E-state index contributed by atoms with van der Waals surface area (Å²) >= 11 is 0. The summed E-state index contributed by atoms with van der Waals surface area (Å²) in [5.41, 5.74) is 11.3. The Morgan fingerprint density at radius 3 is 2.58 bits per heavy atom. The molecule has 0 fully saturated rings. The molecule has 4 heterocycles. The number of nitrogens with two attached hydrogens (primary N) is 1. The zero-order valence-corrected chi connectivity index (χ0v) is 18.4. The van der Waals surface area contributed by atoms with Crippen LogP contribution in [0.5, 0.6) is 5.88 Å². The number of nitrogens with zero attached hydrogens (tertiary/aromatic N) is 6. The van der Waals surface area contributed by atoms with E-state index in [0.717, 1.165) is 40.3 Å². The molecule has 5 rings (SSSR count). The van der Waals surface area contributed by atoms with Crippen molar-refractivity contribution in [3.63, 3.8) is 0 Å². The SMILES string of the molecule is CCc1nccn1-c1ccc(C2C(C#N)=C(N)Oc3c2c(Cc2ccncc2)nn3C)cc1. The van der Waals surface area contributed by atoms with Crippen LogP contribution in [0.1, 0.15) is 41.1 Å². The Balaban J connectivity index is 1.61. The third-order valence-corrected chi connectivity index (χ3v) is 5.93. The number of allylic oxidation sites excluding steroid dienone is 1. The fourth-order valence-electron chi connectivity index (χ4n) is 4.37. The lowest BCUT2D eigenvalue weighted by molar-refractivity contribution is 0.358. The fourth-order valence-corrected chi connectivity index (χ4v) is 4.37. The molecule has 33 heavy (non-hydrogen) atoms. The van der Waals surface area contributed by atoms with Gasteiger partial charge in [0.2, 0.25) is 11.8 Å². The zero-order chi connectivity index (χ0) is 22.9. The molecule has 1 unspecified atom stereocenters. The van der Waals surface area contributed by atoms with Crippen molar-refractivity contribution in [1.29, 1.82) is 5.26 Å². The van der Waals surface area contributed by atoms with Crippen LogP contribution in [0.4, 0.5) is 0 Å². The minimum absolute atomic E-state index is 0.111. The third kappa shape index (κ3) is 3.53. The van der Waals surface area contributed by atoms with E-state index in [1.54, 1.807) is 23.3 Å². The van der Waals surface area contributed by atoms with Crippen LogP contribution in [0.3, 0.4) is 0 Å². The fraction of sp³-hybridized carbons (Fsp3) is 0.200. The number of hydrogen-bond donors (Lipinski definition) is 1. The molecule has 3 aromatic heterocycles. The van der Waals surface area contributed by atoms with Crippen molar-refractivity contribution >= 4 is 0 Å². The summed E-state index contributed by atoms with van der Waals surface area (Å²) < 4.78 is 9.61. The smallest absolute Gasteiger partial charge is 0.224 e. The normalized spacial score (nSPS) is 15.1. The number of benzene rings is 1. The Labute approximate surface area is 191 Å². The highest BCUT2D eigenvalue weighted by molar-refractivity contribution is 5.57. The van der Waals surface area contributed by atoms with E-state index in [1.807, 2.05) is 49.6 Å². The molecule has 164 valence electrons. The van der Waals surface area contributed by atoms with E-state index in [2.05, 4.69) is 27.5 Å². The standard InChI is InChI=1S/C25H23N7O/c1-3-21-29-12-13-32(21)18-6-4-17(5-7-18)22-19(15-26)24(27)33-25-23(22)20(30-31(25)2)14-16-8-10-28-11-9-16/h4-13,22H,3,14,27H2,1-2H3. The maximum atomic E-state index is 9.96. The third-order valence-electron chi connectivity index (χ3n) is 5.93. The molecule has 0 spiro atoms. The number of fused-ring (bicyclic) bond motifs is 1. The number of nitriles is 1. The van der Waals surface area contributed by atoms with Crippen molar-refractivity contribution in [2.75, 3.05) is 0 Å². The number of imidazole rings is 1. The molecular weight excluding hydrogens is 414 g/mol. The summed E-state index contributed by atoms with van der Waals surface area (Å²) in [6.45, 7) is 2.08. The maximum Gasteiger partial charge on any atom is 0.224 e. The molecule has 0 bridgehead atoms. The summed E-state index contributed by atoms with van der Waals surface area (Å²) in [6, 6.07) is 14.3. The summed E-state index contributed by atoms with van der Waals surface area (Å²) in [5.74, 6) is 1.30. The van der Waals surface area contributed by atoms with Gasteiger partial charge < -0.3 is 15.0 Å². The first kappa shape index (κ1) is 20.5. The van der Waals surface area contributed by atoms with Crippen LogP contribution in [0.25, 0.3) is 5.69 Å². The van der Waals surface area contributed by atoms with Crippen molar-refractivity contribution < 1.29 is 4.74 Å². The maximum absolute atomic E-state index is 9.96. The van der Waals surface area contributed by atoms with E-state index in [9.17, 15) is 5.26 Å². The van der Waals surface area contributed by atoms with Gasteiger partial charge in [0, 0.05) is 50.4 Å². The molecule has 1 aliphatic rings. The van der Waals surface area contributed by atoms with Crippen LogP contribution < -0.4 is 10.5 Å². The lowest BCUT2D eigenvalue weighted by atomic mass is 9.83. The lowest BCUT2D eigenvalue weighted by Crippen LogP contribution is -2.22. The molecule has 0 amide bonds. The van der Waals surface area contributed by atoms with E-state index < -0.39 is 0 Å². The van der Waals surface area contributed by atoms with E-state index in [0.29, 0.717) is 17.9 Å². The molecule has 0 aliphatic carbocycles. The Morgan fingerprint density at radius 2 is 1.88 bits per heavy atom. The van der Waals surface area contributed by atoms with Crippen LogP contribution in [-0.4, -0.2) is 24.3 Å². The first-order valence-corrected chi connectivity index (χ1v) is 10.8. The number of aromatic nitrogens is 5. The van der Waals surface area contributed by atoms with Crippen LogP contribution in [0, 0.1) is 11.3 Å². The number of hydrogen-bond acceptors (Lipinski definition) is 6. The van der Waals surface area contributed by atoms with Gasteiger partial charge in [-0.15, -0.1) is 0 Å². The van der Waals surface area contributed by atoms with E-state index in [4.69, 9.17) is 15.6 Å². The van der Waals surface area contributed by atoms with Crippen molar-refractivity contribution in [1.82, 2.24) is 24.3 Å². The van der Waals surface area contributed by atoms with Gasteiger partial charge in [0.15, 0.2) is 0 Å². The summed E-state index contributed by atoms with van der Waals surface area (Å²) in [4.78, 5) is 8.50. The average molecular weight is 438 g/mol. The predicted octanol–water partition coefficient (Wildman–Crippen LogP) is 3.37. The van der Waals surface area contributed by atoms with Crippen molar-refractivity contribution in [3.8, 4) is 17.6 Å². The first-order valence-electron chi connectivity index (χ1n) is 10.8. The van der Waals surface area contributed by atoms with Crippen molar-refractivity contribution in [2.45, 2.75) is 25.7 Å². The Hall–Kier alpha value is -4.38. The second-order valence-electron chi connectivity index (χ2n) is 7.90. The van der Waals surface area contributed by atoms with Gasteiger partial charge in [0.1, 0.15) is 17.5 Å². The predicted molar refractivity (Wildman–Crippen MR) is 122 cm³/mol. The van der Waals surface area contributed by atoms with Gasteiger partial charge in [-0.25, -0.2) is 9.67 Å². The molecule has 8 nitrogen and oxygen atoms in total. The van der Waals surface area contributed by atoms with E-state index in [1.165, 1.54) is 0 Å². The number of rotatable bonds is 5. The molecule has 0 saturated carbocycles. The largest absolute Gasteiger partial charge is 0.422 e. The van der Waals surface area contributed by atoms with Crippen LogP contribution in [0.15, 0.2) is 72.6 Å². The topological polar surface area (TPSA) is 108 Å². The molecule has 4 aromatic rings. The van der Waals surface area contributed by atoms with Crippen LogP contribution in [-0.2, 0) is 19.9 Å². The number of aryl methyl sites for hydroxylation is 2. The van der Waals surface area contributed by atoms with E-state index >= 15 is 0 Å². The van der Waals surface area contributed by atoms with E-state index in [-0.39, 0.29) is 11.8 Å². The molecule has 8 heteroatoms. The van der Waals surface area contributed by atoms with Gasteiger partial charge >= 0.3 is 0 Å². The van der Waals surface area contributed by atoms with Gasteiger partial charge in [-0.05, 0) is 35.4 Å². The second kappa shape index (κ2) is 8.28. The van der Waals surface area contributed by atoms with Crippen LogP contribution in [0.2, 0.25) is 0 Å². The molecule has 2 N–H and O–H groups in total. The monoisotopic (exact) mass is 437 g/mol. The van der Waals surface area contributed by atoms with Gasteiger partial charge in [0.25, 0.3) is 0 Å². The summed E-state index contributed by atoms with van der Waals surface area (Å²) in [5, 5.41) is 14.7. The van der Waals surface area contributed by atoms with Crippen molar-refractivity contribution in [2.24, 2.45) is 12.8 Å². The van der Waals surface area contributed by atoms with Gasteiger partial charge in [-0.1, -0.05) is 19.1 Å². The molecule has 0 saturated heterocycles. The number of ether oxygens (including phenoxy) is 1. The lowest BCUT2D eigenvalue weighted by Gasteiger charge is -2.25. The molecule has 1 aliphatic heterocycles. The minimum Gasteiger partial charge on any atom is -0.422 e. The molecular formula is C25H23N7O. The highest BCUT2D eigenvalue weighted by atomic mass is 16.5. The summed E-state index contributed by atoms with van der Waals surface area (Å²) in [7, 11) is 1.82. The summed E-state index contributed by atoms with van der Waals surface area (Å²) in [6.07, 6.45) is 8.71. The van der Waals surface area contributed by atoms with Gasteiger partial charge in [-0.3, -0.25) is 4.98 Å². The average Bonchev–Trinajstić information content (AvgIpc) is 3.43. The quantitative estimate of drug-likeness (QED) is 0.513. The van der Waals surface area contributed by atoms with Gasteiger partial charge in [-0.2, -0.15) is 10.4 Å². The Kier molecular flexibility index (Phi) is 5.15. The molecule has 1 atom stereocenters. The molecule has 1 aromatic carbocycles. The number of pyridine rings is 1. The van der Waals surface area contributed by atoms with Gasteiger partial charge in [0.05, 0.1) is 17.2 Å². The zero-order valence-electron chi connectivity index (χ0n) is 18.4. The van der Waals surface area contributed by atoms with Crippen molar-refractivity contribution in [3.05, 3.63) is 101 Å². The first-order chi connectivity index (χ1) is 16.1. The van der Waals surface area contributed by atoms with Crippen LogP contribution >= 0.6 is 0 Å². The highest BCUT2D eigenvalue weighted by Crippen LogP contribution is 2.44. The Bertz CT molecular complexity index is 1370. The Morgan fingerprint density at radius 1 is 1.12 bits per heavy atom. The molecule has 0 radical (unpaired) electrons. The minimum atomic E-state index is -0.369.